The summed E-state index contributed by atoms with van der Waals surface area (Å²) in [4.78, 5) is 0. The fourth-order valence-corrected chi connectivity index (χ4v) is 2.73. The smallest absolute Gasteiger partial charge is 0.206 e. The first kappa shape index (κ1) is 16.9. The molecular formula is C20H22N3O2+. The highest BCUT2D eigenvalue weighted by molar-refractivity contribution is 5.99. The number of phenols is 1. The van der Waals surface area contributed by atoms with Crippen LogP contribution in [-0.4, -0.2) is 33.4 Å². The molecule has 0 fully saturated rings. The van der Waals surface area contributed by atoms with Crippen molar-refractivity contribution in [2.75, 3.05) is 28.3 Å². The summed E-state index contributed by atoms with van der Waals surface area (Å²) >= 11 is 0. The van der Waals surface area contributed by atoms with Crippen LogP contribution in [0.2, 0.25) is 0 Å². The Morgan fingerprint density at radius 1 is 0.920 bits per heavy atom. The molecule has 3 aromatic rings. The summed E-state index contributed by atoms with van der Waals surface area (Å²) in [6.45, 7) is 0. The van der Waals surface area contributed by atoms with Gasteiger partial charge in [-0.3, -0.25) is 4.48 Å². The SMILES string of the molecule is COc1ccccc1N=Nc1c(O)c([N+](C)(C)C)cc2ccccc12. The maximum absolute atomic E-state index is 10.8. The molecule has 0 heterocycles. The predicted molar refractivity (Wildman–Crippen MR) is 102 cm³/mol. The third-order valence-corrected chi connectivity index (χ3v) is 4.04. The van der Waals surface area contributed by atoms with Crippen molar-refractivity contribution in [3.8, 4) is 11.5 Å². The van der Waals surface area contributed by atoms with E-state index in [2.05, 4.69) is 10.2 Å². The molecule has 0 spiro atoms. The van der Waals surface area contributed by atoms with Crippen molar-refractivity contribution in [1.29, 1.82) is 0 Å². The van der Waals surface area contributed by atoms with E-state index in [0.717, 1.165) is 16.5 Å². The van der Waals surface area contributed by atoms with Crippen LogP contribution in [0.3, 0.4) is 0 Å². The average molecular weight is 336 g/mol. The van der Waals surface area contributed by atoms with E-state index in [4.69, 9.17) is 4.74 Å². The Bertz CT molecular complexity index is 943. The topological polar surface area (TPSA) is 54.2 Å². The van der Waals surface area contributed by atoms with Gasteiger partial charge in [-0.1, -0.05) is 36.4 Å². The number of phenolic OH excluding ortho intramolecular Hbond substituents is 1. The number of rotatable bonds is 4. The summed E-state index contributed by atoms with van der Waals surface area (Å²) in [6.07, 6.45) is 0. The normalized spacial score (nSPS) is 12.0. The van der Waals surface area contributed by atoms with Gasteiger partial charge in [0.1, 0.15) is 17.1 Å². The minimum absolute atomic E-state index is 0.143. The van der Waals surface area contributed by atoms with E-state index in [1.165, 1.54) is 0 Å². The van der Waals surface area contributed by atoms with Crippen molar-refractivity contribution < 1.29 is 9.84 Å². The van der Waals surface area contributed by atoms with Crippen molar-refractivity contribution >= 4 is 27.8 Å². The fourth-order valence-electron chi connectivity index (χ4n) is 2.73. The zero-order valence-corrected chi connectivity index (χ0v) is 14.9. The molecule has 0 aliphatic rings. The van der Waals surface area contributed by atoms with Gasteiger partial charge in [0.25, 0.3) is 0 Å². The molecule has 0 aromatic heterocycles. The lowest BCUT2D eigenvalue weighted by Crippen LogP contribution is -2.34. The Kier molecular flexibility index (Phi) is 4.42. The minimum atomic E-state index is 0.143. The summed E-state index contributed by atoms with van der Waals surface area (Å²) in [5.41, 5.74) is 1.86. The van der Waals surface area contributed by atoms with Gasteiger partial charge >= 0.3 is 0 Å². The maximum Gasteiger partial charge on any atom is 0.206 e. The molecule has 3 aromatic carbocycles. The maximum atomic E-state index is 10.8. The molecule has 0 aliphatic heterocycles. The van der Waals surface area contributed by atoms with E-state index in [-0.39, 0.29) is 5.75 Å². The number of azo groups is 1. The van der Waals surface area contributed by atoms with Gasteiger partial charge < -0.3 is 9.84 Å². The molecule has 0 amide bonds. The van der Waals surface area contributed by atoms with Crippen LogP contribution in [0, 0.1) is 0 Å². The number of hydrogen-bond acceptors (Lipinski definition) is 4. The van der Waals surface area contributed by atoms with Crippen molar-refractivity contribution in [1.82, 2.24) is 4.48 Å². The van der Waals surface area contributed by atoms with E-state index in [0.29, 0.717) is 21.6 Å². The predicted octanol–water partition coefficient (Wildman–Crippen LogP) is 5.17. The van der Waals surface area contributed by atoms with Crippen LogP contribution in [0.25, 0.3) is 10.8 Å². The highest BCUT2D eigenvalue weighted by Gasteiger charge is 2.23. The van der Waals surface area contributed by atoms with E-state index in [9.17, 15) is 5.11 Å². The molecule has 0 atom stereocenters. The lowest BCUT2D eigenvalue weighted by Gasteiger charge is -2.25. The van der Waals surface area contributed by atoms with Crippen molar-refractivity contribution in [3.63, 3.8) is 0 Å². The zero-order chi connectivity index (χ0) is 18.0. The largest absolute Gasteiger partial charge is 0.501 e. The fraction of sp³-hybridized carbons (Fsp3) is 0.200. The van der Waals surface area contributed by atoms with Gasteiger partial charge in [-0.15, -0.1) is 10.2 Å². The summed E-state index contributed by atoms with van der Waals surface area (Å²) in [5.74, 6) is 0.780. The summed E-state index contributed by atoms with van der Waals surface area (Å²) in [5, 5.41) is 21.4. The second-order valence-corrected chi connectivity index (χ2v) is 6.70. The van der Waals surface area contributed by atoms with E-state index in [1.807, 2.05) is 75.7 Å². The number of quaternary nitrogens is 1. The van der Waals surface area contributed by atoms with Crippen molar-refractivity contribution in [2.45, 2.75) is 0 Å². The van der Waals surface area contributed by atoms with E-state index in [1.54, 1.807) is 7.11 Å². The Labute approximate surface area is 147 Å². The van der Waals surface area contributed by atoms with Gasteiger partial charge in [-0.25, -0.2) is 0 Å². The molecule has 0 saturated heterocycles. The molecule has 128 valence electrons. The number of methoxy groups -OCH3 is 1. The quantitative estimate of drug-likeness (QED) is 0.528. The van der Waals surface area contributed by atoms with Crippen LogP contribution in [0.15, 0.2) is 64.8 Å². The number of para-hydroxylation sites is 1. The summed E-state index contributed by atoms with van der Waals surface area (Å²) < 4.78 is 5.79. The Morgan fingerprint density at radius 2 is 1.60 bits per heavy atom. The van der Waals surface area contributed by atoms with E-state index < -0.39 is 0 Å². The molecule has 1 N–H and O–H groups in total. The van der Waals surface area contributed by atoms with Crippen LogP contribution < -0.4 is 9.22 Å². The number of hydrogen-bond donors (Lipinski definition) is 1. The number of benzene rings is 3. The number of fused-ring (bicyclic) bond motifs is 1. The molecular weight excluding hydrogens is 314 g/mol. The third-order valence-electron chi connectivity index (χ3n) is 4.04. The second-order valence-electron chi connectivity index (χ2n) is 6.70. The van der Waals surface area contributed by atoms with Crippen LogP contribution in [-0.2, 0) is 0 Å². The molecule has 0 aliphatic carbocycles. The number of ether oxygens (including phenoxy) is 1. The molecule has 5 heteroatoms. The molecule has 0 unspecified atom stereocenters. The van der Waals surface area contributed by atoms with Gasteiger partial charge in [0.2, 0.25) is 5.75 Å². The number of aromatic hydroxyl groups is 1. The van der Waals surface area contributed by atoms with Gasteiger partial charge in [0, 0.05) is 11.5 Å². The Balaban J connectivity index is 2.21. The van der Waals surface area contributed by atoms with Crippen LogP contribution in [0.1, 0.15) is 0 Å². The highest BCUT2D eigenvalue weighted by atomic mass is 16.5. The van der Waals surface area contributed by atoms with Gasteiger partial charge in [0.15, 0.2) is 5.69 Å². The summed E-state index contributed by atoms with van der Waals surface area (Å²) in [7, 11) is 7.61. The lowest BCUT2D eigenvalue weighted by molar-refractivity contribution is 0.415. The molecule has 3 rings (SSSR count). The zero-order valence-electron chi connectivity index (χ0n) is 14.9. The number of nitrogens with zero attached hydrogens (tertiary/aromatic N) is 3. The first-order chi connectivity index (χ1) is 11.9. The van der Waals surface area contributed by atoms with Crippen molar-refractivity contribution in [3.05, 3.63) is 54.6 Å². The second kappa shape index (κ2) is 6.53. The van der Waals surface area contributed by atoms with Gasteiger partial charge in [0.05, 0.1) is 28.3 Å². The van der Waals surface area contributed by atoms with Crippen LogP contribution in [0.4, 0.5) is 17.1 Å². The first-order valence-electron chi connectivity index (χ1n) is 8.03. The Hall–Kier alpha value is -2.92. The van der Waals surface area contributed by atoms with Crippen LogP contribution >= 0.6 is 0 Å². The monoisotopic (exact) mass is 336 g/mol. The summed E-state index contributed by atoms with van der Waals surface area (Å²) in [6, 6.07) is 17.2. The van der Waals surface area contributed by atoms with Crippen LogP contribution in [0.5, 0.6) is 11.5 Å². The minimum Gasteiger partial charge on any atom is -0.501 e. The molecule has 25 heavy (non-hydrogen) atoms. The molecule has 0 radical (unpaired) electrons. The lowest BCUT2D eigenvalue weighted by atomic mass is 10.1. The van der Waals surface area contributed by atoms with E-state index >= 15 is 0 Å². The Morgan fingerprint density at radius 3 is 2.32 bits per heavy atom. The average Bonchev–Trinajstić information content (AvgIpc) is 2.60. The highest BCUT2D eigenvalue weighted by Crippen LogP contribution is 2.44. The molecule has 5 nitrogen and oxygen atoms in total. The molecule has 0 saturated carbocycles. The third kappa shape index (κ3) is 3.32. The standard InChI is InChI=1S/C20H21N3O2/c1-23(2,3)17-13-14-9-5-6-10-15(14)19(20(17)24)22-21-16-11-7-8-12-18(16)25-4/h5-13H,1-4H3/p+1. The first-order valence-corrected chi connectivity index (χ1v) is 8.03. The van der Waals surface area contributed by atoms with Gasteiger partial charge in [-0.05, 0) is 17.5 Å². The van der Waals surface area contributed by atoms with Gasteiger partial charge in [-0.2, -0.15) is 0 Å². The van der Waals surface area contributed by atoms with Crippen molar-refractivity contribution in [2.24, 2.45) is 10.2 Å². The molecule has 0 bridgehead atoms.